The molecule has 0 spiro atoms. The highest BCUT2D eigenvalue weighted by molar-refractivity contribution is 5.83. The number of aromatic nitrogens is 1. The number of hydrazine groups is 1. The summed E-state index contributed by atoms with van der Waals surface area (Å²) in [6.45, 7) is 1.64. The minimum absolute atomic E-state index is 0.0383. The van der Waals surface area contributed by atoms with Crippen LogP contribution in [0.2, 0.25) is 0 Å². The second-order valence-corrected chi connectivity index (χ2v) is 8.04. The number of nitrogens with zero attached hydrogens (tertiary/aromatic N) is 2. The molecule has 2 amide bonds. The van der Waals surface area contributed by atoms with E-state index < -0.39 is 0 Å². The Morgan fingerprint density at radius 3 is 2.61 bits per heavy atom. The molecular weight excluding hydrogens is 394 g/mol. The maximum atomic E-state index is 12.9. The van der Waals surface area contributed by atoms with Crippen molar-refractivity contribution in [3.63, 3.8) is 0 Å². The highest BCUT2D eigenvalue weighted by atomic mass is 16.5. The summed E-state index contributed by atoms with van der Waals surface area (Å²) in [4.78, 5) is 31.5. The fourth-order valence-corrected chi connectivity index (χ4v) is 4.29. The minimum Gasteiger partial charge on any atom is -0.496 e. The predicted molar refractivity (Wildman–Crippen MR) is 116 cm³/mol. The van der Waals surface area contributed by atoms with Crippen LogP contribution in [0.15, 0.2) is 48.8 Å². The quantitative estimate of drug-likeness (QED) is 0.653. The van der Waals surface area contributed by atoms with Gasteiger partial charge in [0.15, 0.2) is 0 Å². The molecule has 31 heavy (non-hydrogen) atoms. The van der Waals surface area contributed by atoms with Gasteiger partial charge in [-0.15, -0.1) is 0 Å². The SMILES string of the molecule is COc1ccccc1CNC(=O)C1CCN(C(=O)C2CC(c3ccncc3)NN2)CC1. The summed E-state index contributed by atoms with van der Waals surface area (Å²) < 4.78 is 5.34. The Kier molecular flexibility index (Phi) is 6.79. The molecule has 0 bridgehead atoms. The molecular formula is C23H29N5O3. The van der Waals surface area contributed by atoms with Gasteiger partial charge in [-0.05, 0) is 43.0 Å². The summed E-state index contributed by atoms with van der Waals surface area (Å²) in [7, 11) is 1.63. The van der Waals surface area contributed by atoms with E-state index in [1.807, 2.05) is 41.3 Å². The number of nitrogens with one attached hydrogen (secondary N) is 3. The van der Waals surface area contributed by atoms with Crippen molar-refractivity contribution in [2.75, 3.05) is 20.2 Å². The number of hydrogen-bond acceptors (Lipinski definition) is 6. The van der Waals surface area contributed by atoms with Crippen LogP contribution in [-0.4, -0.2) is 47.9 Å². The lowest BCUT2D eigenvalue weighted by Crippen LogP contribution is -2.49. The van der Waals surface area contributed by atoms with Gasteiger partial charge in [0.1, 0.15) is 11.8 Å². The van der Waals surface area contributed by atoms with Crippen molar-refractivity contribution in [3.05, 3.63) is 59.9 Å². The monoisotopic (exact) mass is 423 g/mol. The lowest BCUT2D eigenvalue weighted by Gasteiger charge is -2.32. The van der Waals surface area contributed by atoms with Gasteiger partial charge in [-0.3, -0.25) is 14.6 Å². The van der Waals surface area contributed by atoms with E-state index in [4.69, 9.17) is 4.74 Å². The summed E-state index contributed by atoms with van der Waals surface area (Å²) in [5, 5.41) is 3.02. The summed E-state index contributed by atoms with van der Waals surface area (Å²) in [6, 6.07) is 11.4. The van der Waals surface area contributed by atoms with E-state index in [-0.39, 0.29) is 29.8 Å². The van der Waals surface area contributed by atoms with Gasteiger partial charge in [0.05, 0.1) is 7.11 Å². The molecule has 2 unspecified atom stereocenters. The Labute approximate surface area is 182 Å². The molecule has 2 aliphatic rings. The third-order valence-electron chi connectivity index (χ3n) is 6.13. The number of amides is 2. The molecule has 2 atom stereocenters. The predicted octanol–water partition coefficient (Wildman–Crippen LogP) is 1.55. The molecule has 2 aliphatic heterocycles. The summed E-state index contributed by atoms with van der Waals surface area (Å²) in [5.74, 6) is 0.831. The van der Waals surface area contributed by atoms with E-state index in [1.165, 1.54) is 0 Å². The topological polar surface area (TPSA) is 95.6 Å². The molecule has 1 aromatic heterocycles. The van der Waals surface area contributed by atoms with E-state index in [2.05, 4.69) is 21.2 Å². The maximum absolute atomic E-state index is 12.9. The molecule has 8 heteroatoms. The van der Waals surface area contributed by atoms with Gasteiger partial charge >= 0.3 is 0 Å². The average molecular weight is 424 g/mol. The Morgan fingerprint density at radius 1 is 1.13 bits per heavy atom. The fraction of sp³-hybridized carbons (Fsp3) is 0.435. The molecule has 3 N–H and O–H groups in total. The van der Waals surface area contributed by atoms with Crippen molar-refractivity contribution in [1.29, 1.82) is 0 Å². The second kappa shape index (κ2) is 9.89. The van der Waals surface area contributed by atoms with Gasteiger partial charge in [-0.25, -0.2) is 10.9 Å². The van der Waals surface area contributed by atoms with Gasteiger partial charge in [0.25, 0.3) is 0 Å². The summed E-state index contributed by atoms with van der Waals surface area (Å²) in [6.07, 6.45) is 5.57. The number of likely N-dealkylation sites (tertiary alicyclic amines) is 1. The van der Waals surface area contributed by atoms with E-state index >= 15 is 0 Å². The molecule has 164 valence electrons. The number of carbonyl (C=O) groups is 2. The van der Waals surface area contributed by atoms with Crippen LogP contribution in [-0.2, 0) is 16.1 Å². The number of piperidine rings is 1. The second-order valence-electron chi connectivity index (χ2n) is 8.04. The van der Waals surface area contributed by atoms with E-state index in [0.29, 0.717) is 38.9 Å². The molecule has 2 saturated heterocycles. The van der Waals surface area contributed by atoms with Crippen LogP contribution in [0.1, 0.15) is 36.4 Å². The van der Waals surface area contributed by atoms with Gasteiger partial charge in [-0.1, -0.05) is 18.2 Å². The fourth-order valence-electron chi connectivity index (χ4n) is 4.29. The first-order valence-electron chi connectivity index (χ1n) is 10.7. The van der Waals surface area contributed by atoms with Crippen LogP contribution in [0.5, 0.6) is 5.75 Å². The Hall–Kier alpha value is -2.97. The van der Waals surface area contributed by atoms with Crippen molar-refractivity contribution in [1.82, 2.24) is 26.1 Å². The largest absolute Gasteiger partial charge is 0.496 e. The van der Waals surface area contributed by atoms with Gasteiger partial charge in [0, 0.05) is 49.6 Å². The molecule has 0 radical (unpaired) electrons. The highest BCUT2D eigenvalue weighted by Crippen LogP contribution is 2.25. The first-order chi connectivity index (χ1) is 15.2. The van der Waals surface area contributed by atoms with Crippen LogP contribution >= 0.6 is 0 Å². The van der Waals surface area contributed by atoms with E-state index in [1.54, 1.807) is 19.5 Å². The number of hydrogen-bond donors (Lipinski definition) is 3. The number of para-hydroxylation sites is 1. The average Bonchev–Trinajstić information content (AvgIpc) is 3.33. The molecule has 0 saturated carbocycles. The van der Waals surface area contributed by atoms with Crippen molar-refractivity contribution in [2.45, 2.75) is 37.9 Å². The normalized spacial score (nSPS) is 21.6. The zero-order valence-corrected chi connectivity index (χ0v) is 17.7. The third kappa shape index (κ3) is 5.03. The van der Waals surface area contributed by atoms with Crippen molar-refractivity contribution in [2.24, 2.45) is 5.92 Å². The van der Waals surface area contributed by atoms with Crippen molar-refractivity contribution in [3.8, 4) is 5.75 Å². The van der Waals surface area contributed by atoms with E-state index in [0.717, 1.165) is 16.9 Å². The maximum Gasteiger partial charge on any atom is 0.241 e. The van der Waals surface area contributed by atoms with Crippen LogP contribution in [0.3, 0.4) is 0 Å². The van der Waals surface area contributed by atoms with Crippen LogP contribution in [0, 0.1) is 5.92 Å². The van der Waals surface area contributed by atoms with E-state index in [9.17, 15) is 9.59 Å². The first-order valence-corrected chi connectivity index (χ1v) is 10.7. The molecule has 3 heterocycles. The molecule has 2 aromatic rings. The molecule has 4 rings (SSSR count). The smallest absolute Gasteiger partial charge is 0.241 e. The van der Waals surface area contributed by atoms with Crippen LogP contribution < -0.4 is 20.9 Å². The molecule has 8 nitrogen and oxygen atoms in total. The Morgan fingerprint density at radius 2 is 1.87 bits per heavy atom. The number of rotatable bonds is 6. The minimum atomic E-state index is -0.255. The number of carbonyl (C=O) groups excluding carboxylic acids is 2. The van der Waals surface area contributed by atoms with Crippen molar-refractivity contribution < 1.29 is 14.3 Å². The molecule has 0 aliphatic carbocycles. The number of methoxy groups -OCH3 is 1. The number of pyridine rings is 1. The zero-order valence-electron chi connectivity index (χ0n) is 17.7. The highest BCUT2D eigenvalue weighted by Gasteiger charge is 2.35. The van der Waals surface area contributed by atoms with Gasteiger partial charge < -0.3 is 15.0 Å². The Balaban J connectivity index is 1.24. The van der Waals surface area contributed by atoms with Crippen LogP contribution in [0.25, 0.3) is 0 Å². The standard InChI is InChI=1S/C23H29N5O3/c1-31-21-5-3-2-4-18(21)15-25-22(29)17-8-12-28(13-9-17)23(30)20-14-19(26-27-20)16-6-10-24-11-7-16/h2-7,10-11,17,19-20,26-27H,8-9,12-15H2,1H3,(H,25,29). The summed E-state index contributed by atoms with van der Waals surface area (Å²) in [5.41, 5.74) is 8.41. The van der Waals surface area contributed by atoms with Crippen LogP contribution in [0.4, 0.5) is 0 Å². The number of ether oxygens (including phenoxy) is 1. The Bertz CT molecular complexity index is 899. The molecule has 1 aromatic carbocycles. The lowest BCUT2D eigenvalue weighted by atomic mass is 9.94. The summed E-state index contributed by atoms with van der Waals surface area (Å²) >= 11 is 0. The van der Waals surface area contributed by atoms with Gasteiger partial charge in [0.2, 0.25) is 11.8 Å². The number of benzene rings is 1. The lowest BCUT2D eigenvalue weighted by molar-refractivity contribution is -0.137. The zero-order chi connectivity index (χ0) is 21.6. The third-order valence-corrected chi connectivity index (χ3v) is 6.13. The van der Waals surface area contributed by atoms with Gasteiger partial charge in [-0.2, -0.15) is 0 Å². The first kappa shape index (κ1) is 21.3. The van der Waals surface area contributed by atoms with Crippen molar-refractivity contribution >= 4 is 11.8 Å². The molecule has 2 fully saturated rings.